The summed E-state index contributed by atoms with van der Waals surface area (Å²) in [5, 5.41) is 171. The monoisotopic (exact) mass is 1480 g/mol. The number of carbonyl (C=O) groups excluding carboxylic acids is 2. The summed E-state index contributed by atoms with van der Waals surface area (Å²) in [7, 11) is 0. The highest BCUT2D eigenvalue weighted by Crippen LogP contribution is 2.37. The number of carbonyl (C=O) groups is 2. The van der Waals surface area contributed by atoms with Crippen LogP contribution in [0.1, 0.15) is 246 Å². The van der Waals surface area contributed by atoms with Gasteiger partial charge in [0.05, 0.1) is 51.3 Å². The summed E-state index contributed by atoms with van der Waals surface area (Å²) in [6.07, 6.45) is -1.55. The fourth-order valence-electron chi connectivity index (χ4n) is 14.2. The van der Waals surface area contributed by atoms with Crippen molar-refractivity contribution in [2.75, 3.05) is 33.0 Å². The highest BCUT2D eigenvalue weighted by atomic mass is 16.8. The van der Waals surface area contributed by atoms with Gasteiger partial charge in [-0.2, -0.15) is 0 Å². The minimum absolute atomic E-state index is 0.201. The number of ether oxygens (including phenoxy) is 10. The van der Waals surface area contributed by atoms with Gasteiger partial charge in [-0.15, -0.1) is 0 Å². The van der Waals surface area contributed by atoms with Crippen LogP contribution in [0.5, 0.6) is 0 Å². The van der Waals surface area contributed by atoms with E-state index in [0.717, 1.165) is 51.9 Å². The van der Waals surface area contributed by atoms with E-state index >= 15 is 0 Å². The van der Waals surface area contributed by atoms with E-state index < -0.39 is 205 Å². The summed E-state index contributed by atoms with van der Waals surface area (Å²) in [4.78, 5) is 26.4. The molecule has 0 saturated carbocycles. The van der Waals surface area contributed by atoms with Gasteiger partial charge < -0.3 is 135 Å². The van der Waals surface area contributed by atoms with Gasteiger partial charge >= 0.3 is 0 Å². The van der Waals surface area contributed by atoms with Crippen LogP contribution in [-0.4, -0.2) is 287 Å². The summed E-state index contributed by atoms with van der Waals surface area (Å²) in [5.41, 5.74) is 0. The van der Waals surface area contributed by atoms with Crippen LogP contribution in [0.2, 0.25) is 0 Å². The molecule has 5 fully saturated rings. The van der Waals surface area contributed by atoms with Crippen LogP contribution in [0.25, 0.3) is 0 Å². The third-order valence-electron chi connectivity index (χ3n) is 20.7. The van der Waals surface area contributed by atoms with Crippen LogP contribution in [0.15, 0.2) is 12.2 Å². The predicted octanol–water partition coefficient (Wildman–Crippen LogP) is 2.98. The van der Waals surface area contributed by atoms with Crippen molar-refractivity contribution in [3.8, 4) is 0 Å². The molecule has 0 aromatic heterocycles. The lowest BCUT2D eigenvalue weighted by atomic mass is 9.94. The fraction of sp³-hybridized carbons (Fsp3) is 0.946. The van der Waals surface area contributed by atoms with Crippen molar-refractivity contribution < 1.29 is 134 Å². The molecule has 0 spiro atoms. The second-order valence-corrected chi connectivity index (χ2v) is 29.2. The van der Waals surface area contributed by atoms with Crippen molar-refractivity contribution in [1.82, 2.24) is 10.6 Å². The smallest absolute Gasteiger partial charge is 0.220 e. The Labute approximate surface area is 610 Å². The molecule has 5 heterocycles. The summed E-state index contributed by atoms with van der Waals surface area (Å²) >= 11 is 0. The molecule has 5 aliphatic heterocycles. The van der Waals surface area contributed by atoms with E-state index in [4.69, 9.17) is 47.4 Å². The number of rotatable bonds is 53. The average molecular weight is 1490 g/mol. The van der Waals surface area contributed by atoms with Gasteiger partial charge in [0.1, 0.15) is 116 Å². The maximum Gasteiger partial charge on any atom is 0.220 e. The van der Waals surface area contributed by atoms with Crippen molar-refractivity contribution in [3.05, 3.63) is 12.2 Å². The number of unbranched alkanes of at least 4 members (excludes halogenated alkanes) is 31. The van der Waals surface area contributed by atoms with Gasteiger partial charge in [0.2, 0.25) is 11.8 Å². The largest absolute Gasteiger partial charge is 0.394 e. The van der Waals surface area contributed by atoms with E-state index in [1.54, 1.807) is 6.08 Å². The summed E-state index contributed by atoms with van der Waals surface area (Å²) < 4.78 is 59.1. The van der Waals surface area contributed by atoms with Crippen molar-refractivity contribution in [2.45, 2.75) is 412 Å². The summed E-state index contributed by atoms with van der Waals surface area (Å²) in [5.74, 6) is -1.13. The predicted molar refractivity (Wildman–Crippen MR) is 376 cm³/mol. The number of aliphatic hydroxyl groups is 15. The van der Waals surface area contributed by atoms with Crippen molar-refractivity contribution in [1.29, 1.82) is 0 Å². The lowest BCUT2D eigenvalue weighted by Gasteiger charge is -2.50. The van der Waals surface area contributed by atoms with Crippen LogP contribution in [0.3, 0.4) is 0 Å². The van der Waals surface area contributed by atoms with Crippen molar-refractivity contribution >= 4 is 11.8 Å². The zero-order valence-corrected chi connectivity index (χ0v) is 61.9. The topological polar surface area (TPSA) is 454 Å². The molecule has 0 aliphatic carbocycles. The zero-order valence-electron chi connectivity index (χ0n) is 61.9. The molecule has 17 N–H and O–H groups in total. The molecule has 5 saturated heterocycles. The van der Waals surface area contributed by atoms with Gasteiger partial charge in [0.25, 0.3) is 0 Å². The molecule has 0 aromatic rings. The lowest BCUT2D eigenvalue weighted by molar-refractivity contribution is -0.389. The van der Waals surface area contributed by atoms with E-state index in [1.807, 2.05) is 6.08 Å². The molecule has 604 valence electrons. The number of hydrogen-bond acceptors (Lipinski definition) is 27. The summed E-state index contributed by atoms with van der Waals surface area (Å²) in [6, 6.07) is -2.76. The van der Waals surface area contributed by atoms with Crippen molar-refractivity contribution in [2.24, 2.45) is 0 Å². The Morgan fingerprint density at radius 2 is 0.767 bits per heavy atom. The van der Waals surface area contributed by atoms with E-state index in [-0.39, 0.29) is 12.3 Å². The third-order valence-corrected chi connectivity index (χ3v) is 20.7. The number of hydrogen-bond donors (Lipinski definition) is 17. The maximum atomic E-state index is 13.5. The second kappa shape index (κ2) is 51.2. The Bertz CT molecular complexity index is 2230. The molecule has 2 amide bonds. The molecule has 10 unspecified atom stereocenters. The quantitative estimate of drug-likeness (QED) is 0.0307. The van der Waals surface area contributed by atoms with E-state index in [2.05, 4.69) is 24.5 Å². The zero-order chi connectivity index (χ0) is 75.2. The maximum absolute atomic E-state index is 13.5. The third kappa shape index (κ3) is 30.5. The number of nitrogens with one attached hydrogen (secondary N) is 2. The Balaban J connectivity index is 1.16. The first-order valence-corrected chi connectivity index (χ1v) is 39.3. The molecule has 0 radical (unpaired) electrons. The minimum Gasteiger partial charge on any atom is -0.394 e. The van der Waals surface area contributed by atoms with Crippen molar-refractivity contribution in [3.63, 3.8) is 0 Å². The van der Waals surface area contributed by atoms with E-state index in [1.165, 1.54) is 161 Å². The van der Waals surface area contributed by atoms with Crippen LogP contribution in [-0.2, 0) is 57.0 Å². The first-order chi connectivity index (χ1) is 49.7. The Morgan fingerprint density at radius 1 is 0.398 bits per heavy atom. The highest BCUT2D eigenvalue weighted by molar-refractivity contribution is 5.76. The molecule has 5 rings (SSSR count). The van der Waals surface area contributed by atoms with Crippen LogP contribution >= 0.6 is 0 Å². The van der Waals surface area contributed by atoms with Gasteiger partial charge in [-0.1, -0.05) is 219 Å². The molecule has 29 nitrogen and oxygen atoms in total. The standard InChI is InChI=1S/C74H136N2O27/c1-5-7-9-11-13-15-17-19-20-21-22-23-24-25-26-28-30-32-34-36-38-40-54(83)76-48(49(82)39-37-35-33-31-29-27-18-16-14-12-10-8-6-2)45-94-71-64(92)61(89)67(52(43-79)98-71)101-73-65(93)62(90)66(53(44-80)99-73)100-70-55(75-47(4)81)68(58(86)51(42-78)96-70)102-74-69(60(88)57(85)50(41-77)97-74)103-72-63(91)59(87)56(84)46(3)95-72/h37,39,46,48-53,55-74,77-80,82,84-93H,5-36,38,40-45H2,1-4H3,(H,75,81)(H,76,83)/b39-37+/t46?,48-,49+,50?,51?,52?,53?,55?,56+,57-,58-,59?,60-,61+,62+,63-,64?,65?,66-,67+,68+,69?,70-,71+,72+,73-,74-/m0/s1. The fourth-order valence-corrected chi connectivity index (χ4v) is 14.2. The molecule has 0 aromatic carbocycles. The average Bonchev–Trinajstić information content (AvgIpc) is 0.771. The first-order valence-electron chi connectivity index (χ1n) is 39.3. The molecule has 29 heteroatoms. The molecule has 0 bridgehead atoms. The van der Waals surface area contributed by atoms with Crippen LogP contribution in [0, 0.1) is 0 Å². The first kappa shape index (κ1) is 91.3. The van der Waals surface area contributed by atoms with Gasteiger partial charge in [-0.3, -0.25) is 9.59 Å². The van der Waals surface area contributed by atoms with Gasteiger partial charge in [0.15, 0.2) is 31.5 Å². The van der Waals surface area contributed by atoms with E-state index in [0.29, 0.717) is 12.8 Å². The highest BCUT2D eigenvalue weighted by Gasteiger charge is 2.57. The molecule has 103 heavy (non-hydrogen) atoms. The van der Waals surface area contributed by atoms with Gasteiger partial charge in [0, 0.05) is 13.3 Å². The Hall–Kier alpha value is -2.32. The SMILES string of the molecule is CCCCCCCCCCCCC/C=C/[C@@H](O)[C@H](CO[C@@H]1OC(CO)[C@@H](O[C@@H]2OC(CO)[C@H](O[C@@H]3OC(CO)[C@H](O)[C@H](O[C@@H]4OC(CO)[C@H](O)[C@H](O)C4O[C@H]4OC(C)[C@@H](O)C(O)[C@@H]4O)C3NC(C)=O)[C@H](O)C2O)[C@H](O)C1O)NC(=O)CCCCCCCCCCCCCCCCCCCCCCC. The minimum atomic E-state index is -2.15. The molecule has 27 atom stereocenters. The molecular weight excluding hydrogens is 1350 g/mol. The molecule has 5 aliphatic rings. The number of aliphatic hydroxyl groups excluding tert-OH is 15. The molecular formula is C74H136N2O27. The van der Waals surface area contributed by atoms with Crippen LogP contribution < -0.4 is 10.6 Å². The number of amides is 2. The Kier molecular flexibility index (Phi) is 45.4. The lowest BCUT2D eigenvalue weighted by Crippen LogP contribution is -2.70. The van der Waals surface area contributed by atoms with Gasteiger partial charge in [-0.25, -0.2) is 0 Å². The van der Waals surface area contributed by atoms with Crippen LogP contribution in [0.4, 0.5) is 0 Å². The summed E-state index contributed by atoms with van der Waals surface area (Å²) in [6.45, 7) is 2.67. The second-order valence-electron chi connectivity index (χ2n) is 29.2. The normalized spacial score (nSPS) is 35.0. The van der Waals surface area contributed by atoms with Gasteiger partial charge in [-0.05, 0) is 26.2 Å². The van der Waals surface area contributed by atoms with E-state index in [9.17, 15) is 86.2 Å². The Morgan fingerprint density at radius 3 is 1.24 bits per heavy atom. The number of allylic oxidation sites excluding steroid dienone is 1.